The monoisotopic (exact) mass is 303 g/mol. The molecule has 0 bridgehead atoms. The van der Waals surface area contributed by atoms with Crippen LogP contribution in [-0.2, 0) is 13.1 Å². The predicted octanol–water partition coefficient (Wildman–Crippen LogP) is 2.43. The van der Waals surface area contributed by atoms with Gasteiger partial charge in [-0.05, 0) is 28.1 Å². The number of furan rings is 1. The molecule has 1 N–H and O–H groups in total. The van der Waals surface area contributed by atoms with E-state index in [1.807, 2.05) is 18.3 Å². The van der Waals surface area contributed by atoms with Crippen molar-refractivity contribution in [2.24, 2.45) is 0 Å². The van der Waals surface area contributed by atoms with Gasteiger partial charge in [-0.1, -0.05) is 0 Å². The van der Waals surface area contributed by atoms with Gasteiger partial charge in [0, 0.05) is 13.1 Å². The Morgan fingerprint density at radius 1 is 1.44 bits per heavy atom. The van der Waals surface area contributed by atoms with E-state index < -0.39 is 0 Å². The van der Waals surface area contributed by atoms with Crippen molar-refractivity contribution in [1.29, 1.82) is 0 Å². The van der Waals surface area contributed by atoms with Crippen LogP contribution in [0.4, 0.5) is 0 Å². The van der Waals surface area contributed by atoms with Crippen molar-refractivity contribution in [1.82, 2.24) is 14.9 Å². The number of hydrogen-bond donors (Lipinski definition) is 1. The Labute approximate surface area is 108 Å². The molecule has 0 aliphatic carbocycles. The van der Waals surface area contributed by atoms with E-state index in [0.29, 0.717) is 0 Å². The number of nitrogens with one attached hydrogen (secondary N) is 1. The van der Waals surface area contributed by atoms with E-state index in [1.165, 1.54) is 0 Å². The highest BCUT2D eigenvalue weighted by atomic mass is 79.9. The lowest BCUT2D eigenvalue weighted by Crippen LogP contribution is -2.28. The lowest BCUT2D eigenvalue weighted by molar-refractivity contribution is 0.497. The normalized spacial score (nSPS) is 14.3. The molecule has 6 heteroatoms. The van der Waals surface area contributed by atoms with Crippen molar-refractivity contribution in [2.75, 3.05) is 6.54 Å². The fourth-order valence-corrected chi connectivity index (χ4v) is 2.15. The van der Waals surface area contributed by atoms with Crippen LogP contribution in [0.15, 0.2) is 27.4 Å². The smallest absolute Gasteiger partial charge is 0.169 e. The second-order valence-corrected chi connectivity index (χ2v) is 4.27. The van der Waals surface area contributed by atoms with Gasteiger partial charge in [0.2, 0.25) is 0 Å². The molecule has 0 aromatic carbocycles. The predicted molar refractivity (Wildman–Crippen MR) is 66.6 cm³/mol. The van der Waals surface area contributed by atoms with Crippen LogP contribution in [-0.4, -0.2) is 16.1 Å². The first kappa shape index (κ1) is 11.7. The molecule has 0 atom stereocenters. The first-order valence-corrected chi connectivity index (χ1v) is 5.65. The minimum atomic E-state index is 0. The van der Waals surface area contributed by atoms with Gasteiger partial charge in [-0.15, -0.1) is 12.4 Å². The average molecular weight is 305 g/mol. The molecule has 0 saturated heterocycles. The van der Waals surface area contributed by atoms with Gasteiger partial charge in [0.05, 0.1) is 12.7 Å². The molecule has 0 spiro atoms. The lowest BCUT2D eigenvalue weighted by Gasteiger charge is -2.16. The Hall–Kier alpha value is -0.780. The molecule has 0 unspecified atom stereocenters. The quantitative estimate of drug-likeness (QED) is 0.880. The summed E-state index contributed by atoms with van der Waals surface area (Å²) in [5.41, 5.74) is 1.05. The highest BCUT2D eigenvalue weighted by Gasteiger charge is 2.16. The second-order valence-electron chi connectivity index (χ2n) is 3.49. The molecule has 0 saturated carbocycles. The van der Waals surface area contributed by atoms with Crippen LogP contribution in [0.1, 0.15) is 5.82 Å². The van der Waals surface area contributed by atoms with Gasteiger partial charge < -0.3 is 14.3 Å². The van der Waals surface area contributed by atoms with E-state index in [4.69, 9.17) is 4.42 Å². The molecule has 2 aromatic rings. The van der Waals surface area contributed by atoms with Crippen molar-refractivity contribution in [2.45, 2.75) is 13.1 Å². The van der Waals surface area contributed by atoms with Crippen LogP contribution in [0.2, 0.25) is 0 Å². The summed E-state index contributed by atoms with van der Waals surface area (Å²) in [5.74, 6) is 1.94. The zero-order valence-corrected chi connectivity index (χ0v) is 10.8. The maximum absolute atomic E-state index is 5.53. The molecule has 1 aliphatic heterocycles. The number of rotatable bonds is 1. The summed E-state index contributed by atoms with van der Waals surface area (Å²) in [7, 11) is 0. The molecule has 0 amide bonds. The number of aromatic nitrogens is 2. The largest absolute Gasteiger partial charge is 0.448 e. The Balaban J connectivity index is 0.000000963. The summed E-state index contributed by atoms with van der Waals surface area (Å²) in [4.78, 5) is 4.37. The summed E-state index contributed by atoms with van der Waals surface area (Å²) >= 11 is 3.31. The maximum atomic E-state index is 5.53. The molecule has 3 heterocycles. The summed E-state index contributed by atoms with van der Waals surface area (Å²) in [5, 5.41) is 3.29. The standard InChI is InChI=1S/C10H10BrN3O.ClH/c11-9-2-1-8(15-9)7-5-13-10-6-12-3-4-14(7)10;/h1-2,5,12H,3-4,6H2;1H. The summed E-state index contributed by atoms with van der Waals surface area (Å²) in [6.45, 7) is 2.77. The van der Waals surface area contributed by atoms with Gasteiger partial charge in [-0.25, -0.2) is 4.98 Å². The van der Waals surface area contributed by atoms with E-state index in [2.05, 4.69) is 30.8 Å². The van der Waals surface area contributed by atoms with E-state index in [-0.39, 0.29) is 12.4 Å². The van der Waals surface area contributed by atoms with Gasteiger partial charge in [0.25, 0.3) is 0 Å². The van der Waals surface area contributed by atoms with Crippen LogP contribution in [0.3, 0.4) is 0 Å². The third-order valence-corrected chi connectivity index (χ3v) is 2.99. The Kier molecular flexibility index (Phi) is 3.37. The van der Waals surface area contributed by atoms with Gasteiger partial charge >= 0.3 is 0 Å². The van der Waals surface area contributed by atoms with Gasteiger partial charge in [0.15, 0.2) is 10.4 Å². The Morgan fingerprint density at radius 3 is 3.06 bits per heavy atom. The number of nitrogens with zero attached hydrogens (tertiary/aromatic N) is 2. The molecule has 1 aliphatic rings. The number of fused-ring (bicyclic) bond motifs is 1. The number of halogens is 2. The fraction of sp³-hybridized carbons (Fsp3) is 0.300. The molecule has 0 radical (unpaired) electrons. The molecule has 2 aromatic heterocycles. The van der Waals surface area contributed by atoms with Crippen molar-refractivity contribution in [3.05, 3.63) is 28.8 Å². The van der Waals surface area contributed by atoms with E-state index in [0.717, 1.165) is 41.6 Å². The van der Waals surface area contributed by atoms with Crippen LogP contribution in [0.25, 0.3) is 11.5 Å². The van der Waals surface area contributed by atoms with Gasteiger partial charge in [0.1, 0.15) is 11.5 Å². The van der Waals surface area contributed by atoms with Crippen molar-refractivity contribution in [3.63, 3.8) is 0 Å². The van der Waals surface area contributed by atoms with Gasteiger partial charge in [-0.2, -0.15) is 0 Å². The van der Waals surface area contributed by atoms with Crippen molar-refractivity contribution < 1.29 is 4.42 Å². The summed E-state index contributed by atoms with van der Waals surface area (Å²) < 4.78 is 8.48. The zero-order valence-electron chi connectivity index (χ0n) is 8.44. The number of hydrogen-bond acceptors (Lipinski definition) is 3. The molecule has 86 valence electrons. The third-order valence-electron chi connectivity index (χ3n) is 2.56. The van der Waals surface area contributed by atoms with Crippen LogP contribution < -0.4 is 5.32 Å². The Bertz CT molecular complexity index is 494. The average Bonchev–Trinajstić information content (AvgIpc) is 2.83. The van der Waals surface area contributed by atoms with E-state index in [9.17, 15) is 0 Å². The van der Waals surface area contributed by atoms with Gasteiger partial charge in [-0.3, -0.25) is 0 Å². The van der Waals surface area contributed by atoms with Crippen LogP contribution in [0.5, 0.6) is 0 Å². The molecular weight excluding hydrogens is 293 g/mol. The minimum absolute atomic E-state index is 0. The van der Waals surface area contributed by atoms with Crippen molar-refractivity contribution in [3.8, 4) is 11.5 Å². The fourth-order valence-electron chi connectivity index (χ4n) is 1.84. The molecule has 0 fully saturated rings. The van der Waals surface area contributed by atoms with E-state index in [1.54, 1.807) is 0 Å². The SMILES string of the molecule is Brc1ccc(-c2cnc3n2CCNC3)o1.Cl. The zero-order chi connectivity index (χ0) is 10.3. The molecule has 16 heavy (non-hydrogen) atoms. The number of imidazole rings is 1. The first-order valence-electron chi connectivity index (χ1n) is 4.85. The van der Waals surface area contributed by atoms with E-state index >= 15 is 0 Å². The summed E-state index contributed by atoms with van der Waals surface area (Å²) in [6, 6.07) is 3.85. The highest BCUT2D eigenvalue weighted by Crippen LogP contribution is 2.26. The van der Waals surface area contributed by atoms with Crippen LogP contribution in [0, 0.1) is 0 Å². The van der Waals surface area contributed by atoms with Crippen molar-refractivity contribution >= 4 is 28.3 Å². The highest BCUT2D eigenvalue weighted by molar-refractivity contribution is 9.10. The third kappa shape index (κ3) is 1.90. The summed E-state index contributed by atoms with van der Waals surface area (Å²) in [6.07, 6.45) is 1.87. The topological polar surface area (TPSA) is 43.0 Å². The molecule has 4 nitrogen and oxygen atoms in total. The maximum Gasteiger partial charge on any atom is 0.169 e. The lowest BCUT2D eigenvalue weighted by atomic mass is 10.3. The molecular formula is C10H11BrClN3O. The second kappa shape index (κ2) is 4.61. The minimum Gasteiger partial charge on any atom is -0.448 e. The first-order chi connectivity index (χ1) is 7.34. The van der Waals surface area contributed by atoms with Crippen LogP contribution >= 0.6 is 28.3 Å². The molecule has 3 rings (SSSR count). The Morgan fingerprint density at radius 2 is 2.31 bits per heavy atom.